The molecule has 7 nitrogen and oxygen atoms in total. The monoisotopic (exact) mass is 279 g/mol. The van der Waals surface area contributed by atoms with E-state index in [0.717, 1.165) is 0 Å². The second-order valence-corrected chi connectivity index (χ2v) is 5.22. The van der Waals surface area contributed by atoms with Crippen molar-refractivity contribution in [3.05, 3.63) is 18.5 Å². The summed E-state index contributed by atoms with van der Waals surface area (Å²) in [5, 5.41) is 13.4. The predicted molar refractivity (Wildman–Crippen MR) is 75.4 cm³/mol. The average molecular weight is 279 g/mol. The number of β-amino-alcohol motifs (C(OH)–C–C–N with tert-alkyl or cyclic N) is 1. The van der Waals surface area contributed by atoms with Crippen LogP contribution in [-0.4, -0.2) is 71.8 Å². The topological polar surface area (TPSA) is 81.6 Å². The molecular weight excluding hydrogens is 258 g/mol. The van der Waals surface area contributed by atoms with Crippen LogP contribution in [0.2, 0.25) is 0 Å². The van der Waals surface area contributed by atoms with Crippen molar-refractivity contribution in [2.75, 3.05) is 45.2 Å². The third-order valence-corrected chi connectivity index (χ3v) is 3.45. The first-order valence-electron chi connectivity index (χ1n) is 6.67. The van der Waals surface area contributed by atoms with E-state index in [-0.39, 0.29) is 12.5 Å². The quantitative estimate of drug-likeness (QED) is 0.727. The number of carbonyl (C=O) groups is 1. The molecule has 110 valence electrons. The molecule has 1 aliphatic rings. The molecule has 1 atom stereocenters. The van der Waals surface area contributed by atoms with E-state index < -0.39 is 5.60 Å². The van der Waals surface area contributed by atoms with Crippen LogP contribution in [0, 0.1) is 0 Å². The van der Waals surface area contributed by atoms with Gasteiger partial charge in [0.2, 0.25) is 11.9 Å². The van der Waals surface area contributed by atoms with Gasteiger partial charge in [0.05, 0.1) is 19.6 Å². The van der Waals surface area contributed by atoms with Crippen LogP contribution in [0.25, 0.3) is 0 Å². The van der Waals surface area contributed by atoms with Crippen molar-refractivity contribution >= 4 is 11.9 Å². The van der Waals surface area contributed by atoms with Gasteiger partial charge in [-0.05, 0) is 19.5 Å². The van der Waals surface area contributed by atoms with Gasteiger partial charge in [-0.3, -0.25) is 4.79 Å². The van der Waals surface area contributed by atoms with E-state index in [4.69, 9.17) is 0 Å². The van der Waals surface area contributed by atoms with E-state index in [1.54, 1.807) is 37.5 Å². The fraction of sp³-hybridized carbons (Fsp3) is 0.615. The Morgan fingerprint density at radius 3 is 2.90 bits per heavy atom. The van der Waals surface area contributed by atoms with Gasteiger partial charge in [0, 0.05) is 26.0 Å². The minimum Gasteiger partial charge on any atom is -0.386 e. The number of rotatable bonds is 5. The van der Waals surface area contributed by atoms with Crippen LogP contribution in [0.4, 0.5) is 5.95 Å². The Morgan fingerprint density at radius 2 is 2.25 bits per heavy atom. The Balaban J connectivity index is 1.95. The Labute approximate surface area is 118 Å². The van der Waals surface area contributed by atoms with Gasteiger partial charge in [0.15, 0.2) is 0 Å². The number of nitrogens with one attached hydrogen (secondary N) is 1. The summed E-state index contributed by atoms with van der Waals surface area (Å²) in [5.74, 6) is 0.586. The van der Waals surface area contributed by atoms with Gasteiger partial charge >= 0.3 is 0 Å². The molecule has 1 amide bonds. The van der Waals surface area contributed by atoms with Gasteiger partial charge in [-0.1, -0.05) is 0 Å². The maximum absolute atomic E-state index is 11.7. The lowest BCUT2D eigenvalue weighted by molar-refractivity contribution is -0.131. The Hall–Kier alpha value is -1.73. The smallest absolute Gasteiger partial charge is 0.236 e. The number of amides is 1. The Kier molecular flexibility index (Phi) is 4.51. The number of hydrogen-bond donors (Lipinski definition) is 2. The fourth-order valence-corrected chi connectivity index (χ4v) is 2.43. The van der Waals surface area contributed by atoms with Gasteiger partial charge in [0.25, 0.3) is 0 Å². The molecule has 0 radical (unpaired) electrons. The number of carbonyl (C=O) groups excluding carboxylic acids is 1. The third-order valence-electron chi connectivity index (χ3n) is 3.45. The summed E-state index contributed by atoms with van der Waals surface area (Å²) in [4.78, 5) is 23.6. The molecule has 7 heteroatoms. The molecule has 0 spiro atoms. The van der Waals surface area contributed by atoms with Crippen LogP contribution in [0.1, 0.15) is 6.42 Å². The van der Waals surface area contributed by atoms with Gasteiger partial charge in [-0.2, -0.15) is 0 Å². The lowest BCUT2D eigenvalue weighted by atomic mass is 10.0. The van der Waals surface area contributed by atoms with Crippen molar-refractivity contribution in [2.45, 2.75) is 12.0 Å². The first-order valence-corrected chi connectivity index (χ1v) is 6.67. The number of likely N-dealkylation sites (N-methyl/N-ethyl adjacent to an activating group) is 2. The third kappa shape index (κ3) is 3.43. The summed E-state index contributed by atoms with van der Waals surface area (Å²) < 4.78 is 0. The Bertz CT molecular complexity index is 455. The molecule has 1 aromatic heterocycles. The second-order valence-electron chi connectivity index (χ2n) is 5.22. The summed E-state index contributed by atoms with van der Waals surface area (Å²) >= 11 is 0. The van der Waals surface area contributed by atoms with Crippen molar-refractivity contribution < 1.29 is 9.90 Å². The number of nitrogens with zero attached hydrogens (tertiary/aromatic N) is 4. The van der Waals surface area contributed by atoms with Crippen molar-refractivity contribution in [1.29, 1.82) is 0 Å². The summed E-state index contributed by atoms with van der Waals surface area (Å²) in [6.07, 6.45) is 3.97. The van der Waals surface area contributed by atoms with Crippen LogP contribution in [0.3, 0.4) is 0 Å². The number of aliphatic hydroxyl groups is 1. The maximum Gasteiger partial charge on any atom is 0.236 e. The first-order chi connectivity index (χ1) is 9.54. The molecule has 1 unspecified atom stereocenters. The number of anilines is 1. The van der Waals surface area contributed by atoms with Crippen molar-refractivity contribution in [3.8, 4) is 0 Å². The molecule has 1 saturated heterocycles. The molecule has 2 heterocycles. The van der Waals surface area contributed by atoms with Crippen LogP contribution in [0.5, 0.6) is 0 Å². The molecule has 0 aliphatic carbocycles. The molecule has 20 heavy (non-hydrogen) atoms. The molecular formula is C13H21N5O2. The largest absolute Gasteiger partial charge is 0.386 e. The number of aromatic nitrogens is 2. The number of hydrogen-bond acceptors (Lipinski definition) is 6. The van der Waals surface area contributed by atoms with E-state index in [2.05, 4.69) is 15.3 Å². The van der Waals surface area contributed by atoms with Crippen LogP contribution in [0.15, 0.2) is 18.5 Å². The van der Waals surface area contributed by atoms with Crippen LogP contribution >= 0.6 is 0 Å². The van der Waals surface area contributed by atoms with E-state index in [0.29, 0.717) is 32.0 Å². The molecule has 0 aromatic carbocycles. The van der Waals surface area contributed by atoms with E-state index in [1.807, 2.05) is 4.90 Å². The molecule has 2 rings (SSSR count). The zero-order chi connectivity index (χ0) is 14.6. The van der Waals surface area contributed by atoms with Crippen LogP contribution < -0.4 is 10.2 Å². The summed E-state index contributed by atoms with van der Waals surface area (Å²) in [6, 6.07) is 1.76. The summed E-state index contributed by atoms with van der Waals surface area (Å²) in [6.45, 7) is 1.72. The van der Waals surface area contributed by atoms with Gasteiger partial charge in [-0.25, -0.2) is 9.97 Å². The molecule has 1 fully saturated rings. The normalized spacial score (nSPS) is 22.1. The highest BCUT2D eigenvalue weighted by molar-refractivity contribution is 5.78. The molecule has 0 bridgehead atoms. The Morgan fingerprint density at radius 1 is 1.55 bits per heavy atom. The molecule has 1 aliphatic heterocycles. The first kappa shape index (κ1) is 14.7. The minimum absolute atomic E-state index is 0.0321. The van der Waals surface area contributed by atoms with Crippen molar-refractivity contribution in [1.82, 2.24) is 20.2 Å². The van der Waals surface area contributed by atoms with E-state index in [9.17, 15) is 9.90 Å². The maximum atomic E-state index is 11.7. The highest BCUT2D eigenvalue weighted by atomic mass is 16.3. The molecule has 2 N–H and O–H groups in total. The van der Waals surface area contributed by atoms with E-state index in [1.165, 1.54) is 0 Å². The van der Waals surface area contributed by atoms with Crippen molar-refractivity contribution in [2.24, 2.45) is 0 Å². The van der Waals surface area contributed by atoms with Crippen molar-refractivity contribution in [3.63, 3.8) is 0 Å². The summed E-state index contributed by atoms with van der Waals surface area (Å²) in [7, 11) is 3.43. The van der Waals surface area contributed by atoms with Gasteiger partial charge in [0.1, 0.15) is 5.60 Å². The zero-order valence-corrected chi connectivity index (χ0v) is 11.9. The van der Waals surface area contributed by atoms with Gasteiger partial charge in [-0.15, -0.1) is 0 Å². The minimum atomic E-state index is -0.905. The standard InChI is InChI=1S/C13H21N5O2/c1-14-8-11(19)17(2)9-13(20)4-7-18(10-13)12-15-5-3-6-16-12/h3,5-6,14,20H,4,7-10H2,1-2H3. The highest BCUT2D eigenvalue weighted by Crippen LogP contribution is 2.24. The fourth-order valence-electron chi connectivity index (χ4n) is 2.43. The molecule has 0 saturated carbocycles. The van der Waals surface area contributed by atoms with Crippen LogP contribution in [-0.2, 0) is 4.79 Å². The van der Waals surface area contributed by atoms with Gasteiger partial charge < -0.3 is 20.2 Å². The predicted octanol–water partition coefficient (Wildman–Crippen LogP) is -0.904. The lowest BCUT2D eigenvalue weighted by Crippen LogP contribution is -2.47. The average Bonchev–Trinajstić information content (AvgIpc) is 2.82. The SMILES string of the molecule is CNCC(=O)N(C)CC1(O)CCN(c2ncccn2)C1. The van der Waals surface area contributed by atoms with E-state index >= 15 is 0 Å². The second kappa shape index (κ2) is 6.15. The zero-order valence-electron chi connectivity index (χ0n) is 11.9. The molecule has 1 aromatic rings. The summed E-state index contributed by atoms with van der Waals surface area (Å²) in [5.41, 5.74) is -0.905. The highest BCUT2D eigenvalue weighted by Gasteiger charge is 2.38. The lowest BCUT2D eigenvalue weighted by Gasteiger charge is -2.29.